The van der Waals surface area contributed by atoms with Crippen LogP contribution in [0.1, 0.15) is 65.4 Å². The van der Waals surface area contributed by atoms with E-state index in [2.05, 4.69) is 9.80 Å². The van der Waals surface area contributed by atoms with Gasteiger partial charge < -0.3 is 20.0 Å². The van der Waals surface area contributed by atoms with E-state index in [1.807, 2.05) is 36.4 Å². The zero-order valence-corrected chi connectivity index (χ0v) is 23.3. The average molecular weight is 577 g/mol. The highest BCUT2D eigenvalue weighted by Gasteiger charge is 2.40. The van der Waals surface area contributed by atoms with Gasteiger partial charge in [0.2, 0.25) is 0 Å². The summed E-state index contributed by atoms with van der Waals surface area (Å²) in [7, 11) is 0. The summed E-state index contributed by atoms with van der Waals surface area (Å²) in [5.41, 5.74) is 5.80. The van der Waals surface area contributed by atoms with E-state index >= 15 is 0 Å². The summed E-state index contributed by atoms with van der Waals surface area (Å²) < 4.78 is 0. The molecule has 216 valence electrons. The van der Waals surface area contributed by atoms with E-state index < -0.39 is 0 Å². The van der Waals surface area contributed by atoms with E-state index in [4.69, 9.17) is 0 Å². The molecule has 4 aromatic carbocycles. The van der Waals surface area contributed by atoms with E-state index in [0.717, 1.165) is 33.3 Å². The quantitative estimate of drug-likeness (QED) is 0.336. The van der Waals surface area contributed by atoms with Crippen LogP contribution in [0.4, 0.5) is 11.4 Å². The number of benzene rings is 4. The molecule has 0 spiro atoms. The Morgan fingerprint density at radius 1 is 0.581 bits per heavy atom. The molecule has 4 heterocycles. The van der Waals surface area contributed by atoms with Crippen LogP contribution in [-0.2, 0) is 13.1 Å². The van der Waals surface area contributed by atoms with Crippen LogP contribution in [0.5, 0.6) is 0 Å². The molecule has 8 rings (SSSR count). The molecule has 4 aromatic rings. The van der Waals surface area contributed by atoms with Gasteiger partial charge in [-0.3, -0.25) is 29.0 Å². The fourth-order valence-corrected chi connectivity index (χ4v) is 7.38. The smallest absolute Gasteiger partial charge is 0.261 e. The molecule has 0 saturated carbocycles. The molecule has 2 N–H and O–H groups in total. The van der Waals surface area contributed by atoms with Crippen molar-refractivity contribution in [3.8, 4) is 0 Å². The van der Waals surface area contributed by atoms with Gasteiger partial charge in [-0.25, -0.2) is 0 Å². The Labute approximate surface area is 246 Å². The fraction of sp³-hybridized carbons (Fsp3) is 0.273. The standard InChI is InChI=1S/C33H28N4O6/c38-11-3-9-36-30(40)22-7-1-5-20-26(22)24(32(36)42)13-18-15-35-17-34(28(18)20)16-19-14-25-27-21(29(19)35)6-2-8-23(27)31(41)37(33(25)43)10-4-12-39/h1-2,5-8,13-14,38-39H,3-4,9-12,15-17H2. The van der Waals surface area contributed by atoms with Crippen LogP contribution >= 0.6 is 0 Å². The topological polar surface area (TPSA) is 122 Å². The van der Waals surface area contributed by atoms with Crippen LogP contribution < -0.4 is 9.80 Å². The Balaban J connectivity index is 1.29. The number of hydrogen-bond acceptors (Lipinski definition) is 8. The summed E-state index contributed by atoms with van der Waals surface area (Å²) in [5, 5.41) is 21.7. The first kappa shape index (κ1) is 25.9. The summed E-state index contributed by atoms with van der Waals surface area (Å²) in [5.74, 6) is -1.40. The van der Waals surface area contributed by atoms with Gasteiger partial charge in [0.25, 0.3) is 23.6 Å². The summed E-state index contributed by atoms with van der Waals surface area (Å²) in [4.78, 5) is 60.9. The Hall–Kier alpha value is -4.80. The molecule has 0 atom stereocenters. The van der Waals surface area contributed by atoms with Gasteiger partial charge in [-0.15, -0.1) is 0 Å². The van der Waals surface area contributed by atoms with Gasteiger partial charge in [0.1, 0.15) is 0 Å². The highest BCUT2D eigenvalue weighted by molar-refractivity contribution is 6.28. The molecule has 4 aliphatic rings. The first-order valence-corrected chi connectivity index (χ1v) is 14.5. The number of nitrogens with zero attached hydrogens (tertiary/aromatic N) is 4. The van der Waals surface area contributed by atoms with Crippen molar-refractivity contribution in [1.82, 2.24) is 9.80 Å². The molecule has 0 unspecified atom stereocenters. The highest BCUT2D eigenvalue weighted by atomic mass is 16.3. The minimum absolute atomic E-state index is 0.114. The second-order valence-electron chi connectivity index (χ2n) is 11.5. The molecule has 0 saturated heterocycles. The van der Waals surface area contributed by atoms with Gasteiger partial charge in [0.15, 0.2) is 0 Å². The van der Waals surface area contributed by atoms with Crippen molar-refractivity contribution in [1.29, 1.82) is 0 Å². The van der Waals surface area contributed by atoms with Gasteiger partial charge >= 0.3 is 0 Å². The van der Waals surface area contributed by atoms with Gasteiger partial charge in [-0.1, -0.05) is 24.3 Å². The fourth-order valence-electron chi connectivity index (χ4n) is 7.38. The van der Waals surface area contributed by atoms with E-state index in [9.17, 15) is 29.4 Å². The van der Waals surface area contributed by atoms with E-state index in [0.29, 0.717) is 65.6 Å². The molecule has 0 aromatic heterocycles. The van der Waals surface area contributed by atoms with Gasteiger partial charge in [-0.2, -0.15) is 0 Å². The van der Waals surface area contributed by atoms with Crippen LogP contribution in [0.3, 0.4) is 0 Å². The van der Waals surface area contributed by atoms with Crippen molar-refractivity contribution >= 4 is 56.5 Å². The molecule has 43 heavy (non-hydrogen) atoms. The number of aliphatic hydroxyl groups is 2. The third-order valence-corrected chi connectivity index (χ3v) is 9.10. The van der Waals surface area contributed by atoms with Crippen molar-refractivity contribution in [2.75, 3.05) is 42.8 Å². The van der Waals surface area contributed by atoms with Gasteiger partial charge in [0, 0.05) is 83.2 Å². The maximum atomic E-state index is 13.6. The zero-order chi connectivity index (χ0) is 29.6. The second kappa shape index (κ2) is 9.35. The third-order valence-electron chi connectivity index (χ3n) is 9.10. The number of carbonyl (C=O) groups is 4. The molecule has 2 bridgehead atoms. The second-order valence-corrected chi connectivity index (χ2v) is 11.5. The van der Waals surface area contributed by atoms with Crippen molar-refractivity contribution in [2.45, 2.75) is 25.9 Å². The summed E-state index contributed by atoms with van der Waals surface area (Å²) in [6.07, 6.45) is 0.626. The van der Waals surface area contributed by atoms with Crippen LogP contribution in [0.2, 0.25) is 0 Å². The summed E-state index contributed by atoms with van der Waals surface area (Å²) in [6.45, 7) is 1.66. The lowest BCUT2D eigenvalue weighted by Crippen LogP contribution is -2.47. The first-order valence-electron chi connectivity index (χ1n) is 14.5. The number of imide groups is 2. The molecule has 0 aliphatic carbocycles. The predicted molar refractivity (Wildman–Crippen MR) is 159 cm³/mol. The zero-order valence-electron chi connectivity index (χ0n) is 23.3. The van der Waals surface area contributed by atoms with Crippen LogP contribution in [0.25, 0.3) is 21.5 Å². The Kier molecular flexibility index (Phi) is 5.63. The number of amides is 4. The molecule has 0 fully saturated rings. The molecular weight excluding hydrogens is 548 g/mol. The maximum absolute atomic E-state index is 13.6. The van der Waals surface area contributed by atoms with Crippen molar-refractivity contribution in [2.24, 2.45) is 0 Å². The molecule has 0 radical (unpaired) electrons. The number of aliphatic hydroxyl groups excluding tert-OH is 2. The monoisotopic (exact) mass is 576 g/mol. The number of fused-ring (bicyclic) bond motifs is 8. The number of rotatable bonds is 6. The molecular formula is C33H28N4O6. The van der Waals surface area contributed by atoms with Crippen molar-refractivity contribution in [3.63, 3.8) is 0 Å². The van der Waals surface area contributed by atoms with E-state index in [1.54, 1.807) is 12.1 Å². The lowest BCUT2D eigenvalue weighted by molar-refractivity contribution is 0.0585. The maximum Gasteiger partial charge on any atom is 0.261 e. The minimum Gasteiger partial charge on any atom is -0.396 e. The number of hydrogen-bond donors (Lipinski definition) is 2. The predicted octanol–water partition coefficient (Wildman–Crippen LogP) is 3.25. The number of anilines is 2. The van der Waals surface area contributed by atoms with Crippen LogP contribution in [0, 0.1) is 0 Å². The minimum atomic E-state index is -0.351. The largest absolute Gasteiger partial charge is 0.396 e. The molecule has 10 nitrogen and oxygen atoms in total. The van der Waals surface area contributed by atoms with Crippen molar-refractivity contribution in [3.05, 3.63) is 81.9 Å². The van der Waals surface area contributed by atoms with Crippen molar-refractivity contribution < 1.29 is 29.4 Å². The highest BCUT2D eigenvalue weighted by Crippen LogP contribution is 2.48. The van der Waals surface area contributed by atoms with E-state index in [-0.39, 0.29) is 49.9 Å². The van der Waals surface area contributed by atoms with Gasteiger partial charge in [-0.05, 0) is 48.2 Å². The van der Waals surface area contributed by atoms with Gasteiger partial charge in [0.05, 0.1) is 18.0 Å². The third kappa shape index (κ3) is 3.47. The number of carbonyl (C=O) groups excluding carboxylic acids is 4. The lowest BCUT2D eigenvalue weighted by Gasteiger charge is -2.46. The lowest BCUT2D eigenvalue weighted by atomic mass is 9.86. The molecule has 10 heteroatoms. The van der Waals surface area contributed by atoms with Crippen LogP contribution in [-0.4, -0.2) is 76.6 Å². The summed E-state index contributed by atoms with van der Waals surface area (Å²) >= 11 is 0. The molecule has 4 amide bonds. The average Bonchev–Trinajstić information content (AvgIpc) is 3.01. The Bertz CT molecular complexity index is 1810. The SMILES string of the molecule is O=C1c2cccc3c4c(cc(c23)C(=O)N1CCCO)CN1CN4Cc2cc3c4c(cccc4c21)C(=O)N(CCCO)C3=O. The molecule has 4 aliphatic heterocycles. The van der Waals surface area contributed by atoms with Crippen LogP contribution in [0.15, 0.2) is 48.5 Å². The first-order chi connectivity index (χ1) is 20.9. The normalized spacial score (nSPS) is 16.9. The Morgan fingerprint density at radius 2 is 1.00 bits per heavy atom. The summed E-state index contributed by atoms with van der Waals surface area (Å²) in [6, 6.07) is 14.9. The Morgan fingerprint density at radius 3 is 1.42 bits per heavy atom. The van der Waals surface area contributed by atoms with E-state index in [1.165, 1.54) is 9.80 Å².